The summed E-state index contributed by atoms with van der Waals surface area (Å²) in [6.07, 6.45) is 2.11. The first-order chi connectivity index (χ1) is 17.8. The molecule has 0 spiro atoms. The molecule has 1 aliphatic carbocycles. The Morgan fingerprint density at radius 1 is 1.05 bits per heavy atom. The average Bonchev–Trinajstić information content (AvgIpc) is 3.55. The third kappa shape index (κ3) is 5.50. The summed E-state index contributed by atoms with van der Waals surface area (Å²) in [5.74, 6) is 0.270. The van der Waals surface area contributed by atoms with E-state index < -0.39 is 17.6 Å². The van der Waals surface area contributed by atoms with E-state index >= 15 is 0 Å². The molecule has 0 aliphatic heterocycles. The smallest absolute Gasteiger partial charge is 0.382 e. The van der Waals surface area contributed by atoms with Crippen LogP contribution in [0.1, 0.15) is 47.2 Å². The van der Waals surface area contributed by atoms with Crippen LogP contribution in [0.25, 0.3) is 22.2 Å². The Hall–Kier alpha value is -4.15. The van der Waals surface area contributed by atoms with Crippen LogP contribution in [0.3, 0.4) is 0 Å². The molecule has 0 saturated heterocycles. The molecular weight excluding hydrogens is 483 g/mol. The van der Waals surface area contributed by atoms with E-state index in [1.165, 1.54) is 0 Å². The van der Waals surface area contributed by atoms with Crippen LogP contribution in [0.2, 0.25) is 0 Å². The maximum absolute atomic E-state index is 13.3. The van der Waals surface area contributed by atoms with Crippen LogP contribution in [0, 0.1) is 5.92 Å². The highest BCUT2D eigenvalue weighted by atomic mass is 19.4. The number of fused-ring (bicyclic) bond motifs is 1. The maximum Gasteiger partial charge on any atom is 0.417 e. The predicted octanol–water partition coefficient (Wildman–Crippen LogP) is 5.15. The number of aromatic amines is 1. The summed E-state index contributed by atoms with van der Waals surface area (Å²) in [6, 6.07) is 10.3. The molecule has 0 unspecified atom stereocenters. The van der Waals surface area contributed by atoms with Gasteiger partial charge in [0.15, 0.2) is 11.5 Å². The number of pyridine rings is 2. The molecule has 0 bridgehead atoms. The fourth-order valence-electron chi connectivity index (χ4n) is 4.56. The lowest BCUT2D eigenvalue weighted by molar-refractivity contribution is -0.137. The van der Waals surface area contributed by atoms with Crippen molar-refractivity contribution in [2.75, 3.05) is 17.6 Å². The normalized spacial score (nSPS) is 14.2. The molecule has 3 aromatic heterocycles. The summed E-state index contributed by atoms with van der Waals surface area (Å²) in [5, 5.41) is 13.3. The quantitative estimate of drug-likeness (QED) is 0.273. The number of halogens is 3. The third-order valence-corrected chi connectivity index (χ3v) is 6.68. The van der Waals surface area contributed by atoms with Gasteiger partial charge in [-0.25, -0.2) is 9.97 Å². The summed E-state index contributed by atoms with van der Waals surface area (Å²) in [7, 11) is 0. The van der Waals surface area contributed by atoms with Gasteiger partial charge in [-0.2, -0.15) is 18.3 Å². The van der Waals surface area contributed by atoms with Gasteiger partial charge in [0.05, 0.1) is 16.5 Å². The van der Waals surface area contributed by atoms with Crippen molar-refractivity contribution in [2.24, 2.45) is 5.92 Å². The molecule has 1 amide bonds. The van der Waals surface area contributed by atoms with Gasteiger partial charge in [0.2, 0.25) is 0 Å². The van der Waals surface area contributed by atoms with Gasteiger partial charge < -0.3 is 16.4 Å². The monoisotopic (exact) mass is 509 g/mol. The molecule has 4 aromatic rings. The first-order valence-electron chi connectivity index (χ1n) is 12.1. The SMILES string of the molecule is Nc1n[nH]c2ncc(-c3ccc(CNc4ncc(C(F)(F)F)cc4C(=O)NCC4CCCC4)cc3)cc12. The number of hydrogen-bond acceptors (Lipinski definition) is 6. The van der Waals surface area contributed by atoms with Crippen molar-refractivity contribution in [1.82, 2.24) is 25.5 Å². The van der Waals surface area contributed by atoms with Crippen LogP contribution < -0.4 is 16.4 Å². The lowest BCUT2D eigenvalue weighted by Crippen LogP contribution is -2.29. The molecule has 3 heterocycles. The van der Waals surface area contributed by atoms with E-state index in [1.54, 1.807) is 6.20 Å². The van der Waals surface area contributed by atoms with E-state index in [0.29, 0.717) is 23.9 Å². The number of hydrogen-bond donors (Lipinski definition) is 4. The summed E-state index contributed by atoms with van der Waals surface area (Å²) < 4.78 is 39.9. The molecule has 0 radical (unpaired) electrons. The van der Waals surface area contributed by atoms with E-state index in [-0.39, 0.29) is 17.9 Å². The van der Waals surface area contributed by atoms with Crippen LogP contribution in [0.15, 0.2) is 48.8 Å². The van der Waals surface area contributed by atoms with Gasteiger partial charge in [0, 0.05) is 31.0 Å². The van der Waals surface area contributed by atoms with E-state index in [1.807, 2.05) is 30.3 Å². The zero-order chi connectivity index (χ0) is 26.0. The summed E-state index contributed by atoms with van der Waals surface area (Å²) >= 11 is 0. The van der Waals surface area contributed by atoms with Crippen LogP contribution in [0.5, 0.6) is 0 Å². The van der Waals surface area contributed by atoms with E-state index in [2.05, 4.69) is 30.8 Å². The molecule has 1 aromatic carbocycles. The highest BCUT2D eigenvalue weighted by molar-refractivity contribution is 5.99. The molecule has 37 heavy (non-hydrogen) atoms. The Kier molecular flexibility index (Phi) is 6.68. The Balaban J connectivity index is 1.31. The van der Waals surface area contributed by atoms with Gasteiger partial charge in [-0.05, 0) is 42.0 Å². The zero-order valence-electron chi connectivity index (χ0n) is 19.9. The highest BCUT2D eigenvalue weighted by Gasteiger charge is 2.32. The van der Waals surface area contributed by atoms with Crippen LogP contribution in [-0.4, -0.2) is 32.6 Å². The highest BCUT2D eigenvalue weighted by Crippen LogP contribution is 2.31. The number of carbonyl (C=O) groups excluding carboxylic acids is 1. The number of nitrogen functional groups attached to an aromatic ring is 1. The summed E-state index contributed by atoms with van der Waals surface area (Å²) in [4.78, 5) is 21.1. The Bertz CT molecular complexity index is 1410. The second-order valence-corrected chi connectivity index (χ2v) is 9.26. The van der Waals surface area contributed by atoms with Gasteiger partial charge in [-0.3, -0.25) is 9.89 Å². The Morgan fingerprint density at radius 2 is 1.81 bits per heavy atom. The number of nitrogens with one attached hydrogen (secondary N) is 3. The maximum atomic E-state index is 13.3. The first-order valence-corrected chi connectivity index (χ1v) is 12.1. The van der Waals surface area contributed by atoms with Crippen LogP contribution in [0.4, 0.5) is 24.8 Å². The standard InChI is InChI=1S/C26H26F3N7O/c27-26(28,29)19-10-21(25(37)34-12-15-3-1-2-4-15)23(33-14-19)31-11-16-5-7-17(8-6-16)18-9-20-22(30)35-36-24(20)32-13-18/h5-10,13-15H,1-4,11-12H2,(H,31,33)(H,34,37)(H3,30,32,35,36). The number of alkyl halides is 3. The summed E-state index contributed by atoms with van der Waals surface area (Å²) in [5.41, 5.74) is 8.04. The number of rotatable bonds is 7. The van der Waals surface area contributed by atoms with Crippen molar-refractivity contribution < 1.29 is 18.0 Å². The molecule has 5 rings (SSSR count). The van der Waals surface area contributed by atoms with Crippen molar-refractivity contribution in [3.8, 4) is 11.1 Å². The van der Waals surface area contributed by atoms with Gasteiger partial charge in [-0.15, -0.1) is 0 Å². The summed E-state index contributed by atoms with van der Waals surface area (Å²) in [6.45, 7) is 0.717. The minimum Gasteiger partial charge on any atom is -0.382 e. The number of H-pyrrole nitrogens is 1. The molecule has 1 fully saturated rings. The number of anilines is 2. The van der Waals surface area contributed by atoms with Crippen molar-refractivity contribution in [3.63, 3.8) is 0 Å². The Morgan fingerprint density at radius 3 is 2.54 bits per heavy atom. The largest absolute Gasteiger partial charge is 0.417 e. The average molecular weight is 510 g/mol. The molecule has 192 valence electrons. The van der Waals surface area contributed by atoms with E-state index in [9.17, 15) is 18.0 Å². The van der Waals surface area contributed by atoms with E-state index in [0.717, 1.165) is 60.0 Å². The lowest BCUT2D eigenvalue weighted by Gasteiger charge is -2.16. The minimum absolute atomic E-state index is 0.103. The number of carbonyl (C=O) groups is 1. The van der Waals surface area contributed by atoms with Crippen molar-refractivity contribution >= 4 is 28.6 Å². The number of benzene rings is 1. The predicted molar refractivity (Wildman–Crippen MR) is 135 cm³/mol. The topological polar surface area (TPSA) is 122 Å². The molecule has 0 atom stereocenters. The molecule has 5 N–H and O–H groups in total. The lowest BCUT2D eigenvalue weighted by atomic mass is 10.0. The van der Waals surface area contributed by atoms with Crippen molar-refractivity contribution in [2.45, 2.75) is 38.4 Å². The van der Waals surface area contributed by atoms with Crippen molar-refractivity contribution in [3.05, 3.63) is 65.5 Å². The van der Waals surface area contributed by atoms with Crippen LogP contribution in [-0.2, 0) is 12.7 Å². The molecule has 8 nitrogen and oxygen atoms in total. The second-order valence-electron chi connectivity index (χ2n) is 9.26. The third-order valence-electron chi connectivity index (χ3n) is 6.68. The second kappa shape index (κ2) is 10.1. The number of aromatic nitrogens is 4. The van der Waals surface area contributed by atoms with Gasteiger partial charge in [0.25, 0.3) is 5.91 Å². The van der Waals surface area contributed by atoms with Crippen LogP contribution >= 0.6 is 0 Å². The number of nitrogens with zero attached hydrogens (tertiary/aromatic N) is 3. The Labute approximate surface area is 210 Å². The first kappa shape index (κ1) is 24.5. The fraction of sp³-hybridized carbons (Fsp3) is 0.308. The van der Waals surface area contributed by atoms with Gasteiger partial charge in [0.1, 0.15) is 5.82 Å². The zero-order valence-corrected chi connectivity index (χ0v) is 19.9. The van der Waals surface area contributed by atoms with E-state index in [4.69, 9.17) is 5.73 Å². The fourth-order valence-corrected chi connectivity index (χ4v) is 4.56. The molecular formula is C26H26F3N7O. The van der Waals surface area contributed by atoms with Gasteiger partial charge in [-0.1, -0.05) is 37.1 Å². The number of nitrogens with two attached hydrogens (primary N) is 1. The number of amides is 1. The van der Waals surface area contributed by atoms with Crippen molar-refractivity contribution in [1.29, 1.82) is 0 Å². The minimum atomic E-state index is -4.60. The molecule has 11 heteroatoms. The van der Waals surface area contributed by atoms with Gasteiger partial charge >= 0.3 is 6.18 Å². The molecule has 1 saturated carbocycles. The molecule has 1 aliphatic rings.